The number of piperidine rings is 1. The molecule has 0 aromatic heterocycles. The minimum atomic E-state index is -0.631. The van der Waals surface area contributed by atoms with Crippen LogP contribution in [-0.4, -0.2) is 49.3 Å². The van der Waals surface area contributed by atoms with E-state index in [1.54, 1.807) is 7.11 Å². The highest BCUT2D eigenvalue weighted by molar-refractivity contribution is 5.70. The maximum Gasteiger partial charge on any atom is 0.306 e. The van der Waals surface area contributed by atoms with Crippen molar-refractivity contribution in [3.05, 3.63) is 0 Å². The molecule has 1 N–H and O–H groups in total. The Balaban J connectivity index is 2.07. The van der Waals surface area contributed by atoms with Crippen LogP contribution in [0, 0.1) is 5.92 Å². The molecule has 1 heterocycles. The highest BCUT2D eigenvalue weighted by Crippen LogP contribution is 2.17. The zero-order valence-corrected chi connectivity index (χ0v) is 9.45. The molecule has 15 heavy (non-hydrogen) atoms. The summed E-state index contributed by atoms with van der Waals surface area (Å²) in [6, 6.07) is 0. The summed E-state index contributed by atoms with van der Waals surface area (Å²) in [5.74, 6) is -0.741. The standard InChI is InChI=1S/C11H21NO3/c1-15-9-3-2-6-12-7-4-10(5-8-12)11(13)14/h10H,2-9H2,1H3,(H,13,14). The van der Waals surface area contributed by atoms with Gasteiger partial charge in [0.15, 0.2) is 0 Å². The number of methoxy groups -OCH3 is 1. The van der Waals surface area contributed by atoms with E-state index in [0.717, 1.165) is 51.9 Å². The average Bonchev–Trinajstić information content (AvgIpc) is 2.25. The Bertz CT molecular complexity index is 188. The first-order valence-electron chi connectivity index (χ1n) is 5.68. The fraction of sp³-hybridized carbons (Fsp3) is 0.909. The van der Waals surface area contributed by atoms with Crippen molar-refractivity contribution in [3.8, 4) is 0 Å². The van der Waals surface area contributed by atoms with E-state index in [1.165, 1.54) is 0 Å². The summed E-state index contributed by atoms with van der Waals surface area (Å²) in [5.41, 5.74) is 0. The zero-order valence-electron chi connectivity index (χ0n) is 9.45. The topological polar surface area (TPSA) is 49.8 Å². The second-order valence-corrected chi connectivity index (χ2v) is 4.15. The molecule has 1 saturated heterocycles. The van der Waals surface area contributed by atoms with Gasteiger partial charge >= 0.3 is 5.97 Å². The van der Waals surface area contributed by atoms with Gasteiger partial charge in [-0.05, 0) is 45.3 Å². The summed E-state index contributed by atoms with van der Waals surface area (Å²) < 4.78 is 4.98. The number of nitrogens with zero attached hydrogens (tertiary/aromatic N) is 1. The normalized spacial score (nSPS) is 19.3. The monoisotopic (exact) mass is 215 g/mol. The van der Waals surface area contributed by atoms with Crippen LogP contribution in [0.3, 0.4) is 0 Å². The molecule has 1 aliphatic heterocycles. The van der Waals surface area contributed by atoms with Gasteiger partial charge in [0.25, 0.3) is 0 Å². The van der Waals surface area contributed by atoms with Crippen LogP contribution in [0.5, 0.6) is 0 Å². The smallest absolute Gasteiger partial charge is 0.306 e. The molecule has 0 radical (unpaired) electrons. The SMILES string of the molecule is COCCCCN1CCC(C(=O)O)CC1. The molecule has 88 valence electrons. The number of carboxylic acids is 1. The predicted octanol–water partition coefficient (Wildman–Crippen LogP) is 1.21. The second kappa shape index (κ2) is 6.80. The number of aliphatic carboxylic acids is 1. The lowest BCUT2D eigenvalue weighted by molar-refractivity contribution is -0.143. The van der Waals surface area contributed by atoms with Crippen molar-refractivity contribution in [2.75, 3.05) is 33.4 Å². The molecule has 0 aromatic carbocycles. The molecule has 0 aromatic rings. The molecule has 0 aliphatic carbocycles. The highest BCUT2D eigenvalue weighted by Gasteiger charge is 2.23. The van der Waals surface area contributed by atoms with Crippen molar-refractivity contribution in [2.45, 2.75) is 25.7 Å². The molecule has 1 aliphatic rings. The van der Waals surface area contributed by atoms with Gasteiger partial charge in [-0.25, -0.2) is 0 Å². The molecule has 4 nitrogen and oxygen atoms in total. The maximum absolute atomic E-state index is 10.7. The van der Waals surface area contributed by atoms with E-state index < -0.39 is 5.97 Å². The summed E-state index contributed by atoms with van der Waals surface area (Å²) in [6.45, 7) is 3.77. The molecular weight excluding hydrogens is 194 g/mol. The van der Waals surface area contributed by atoms with Crippen molar-refractivity contribution >= 4 is 5.97 Å². The Morgan fingerprint density at radius 1 is 1.40 bits per heavy atom. The van der Waals surface area contributed by atoms with E-state index >= 15 is 0 Å². The van der Waals surface area contributed by atoms with Crippen molar-refractivity contribution in [1.82, 2.24) is 4.90 Å². The molecule has 0 unspecified atom stereocenters. The Morgan fingerprint density at radius 3 is 2.60 bits per heavy atom. The Kier molecular flexibility index (Phi) is 5.65. The third-order valence-electron chi connectivity index (χ3n) is 3.01. The number of hydrogen-bond donors (Lipinski definition) is 1. The van der Waals surface area contributed by atoms with Gasteiger partial charge in [-0.3, -0.25) is 4.79 Å². The minimum Gasteiger partial charge on any atom is -0.481 e. The van der Waals surface area contributed by atoms with Crippen molar-refractivity contribution in [1.29, 1.82) is 0 Å². The molecule has 0 spiro atoms. The summed E-state index contributed by atoms with van der Waals surface area (Å²) >= 11 is 0. The van der Waals surface area contributed by atoms with Crippen molar-refractivity contribution in [2.24, 2.45) is 5.92 Å². The van der Waals surface area contributed by atoms with Gasteiger partial charge in [0.2, 0.25) is 0 Å². The lowest BCUT2D eigenvalue weighted by atomic mass is 9.97. The molecule has 0 amide bonds. The lowest BCUT2D eigenvalue weighted by Gasteiger charge is -2.29. The van der Waals surface area contributed by atoms with E-state index in [1.807, 2.05) is 0 Å². The number of carbonyl (C=O) groups is 1. The second-order valence-electron chi connectivity index (χ2n) is 4.15. The number of rotatable bonds is 6. The number of ether oxygens (including phenoxy) is 1. The Labute approximate surface area is 91.2 Å². The molecular formula is C11H21NO3. The van der Waals surface area contributed by atoms with Crippen LogP contribution >= 0.6 is 0 Å². The van der Waals surface area contributed by atoms with Crippen LogP contribution < -0.4 is 0 Å². The first kappa shape index (κ1) is 12.5. The largest absolute Gasteiger partial charge is 0.481 e. The summed E-state index contributed by atoms with van der Waals surface area (Å²) in [5, 5.41) is 8.84. The van der Waals surface area contributed by atoms with Crippen molar-refractivity contribution in [3.63, 3.8) is 0 Å². The molecule has 1 rings (SSSR count). The van der Waals surface area contributed by atoms with Crippen LogP contribution in [0.25, 0.3) is 0 Å². The molecule has 4 heteroatoms. The number of likely N-dealkylation sites (tertiary alicyclic amines) is 1. The first-order valence-corrected chi connectivity index (χ1v) is 5.68. The van der Waals surface area contributed by atoms with Crippen LogP contribution in [0.1, 0.15) is 25.7 Å². The number of unbranched alkanes of at least 4 members (excludes halogenated alkanes) is 1. The molecule has 0 saturated carbocycles. The quantitative estimate of drug-likeness (QED) is 0.677. The Hall–Kier alpha value is -0.610. The minimum absolute atomic E-state index is 0.111. The van der Waals surface area contributed by atoms with Crippen LogP contribution in [0.15, 0.2) is 0 Å². The molecule has 1 fully saturated rings. The van der Waals surface area contributed by atoms with E-state index in [-0.39, 0.29) is 5.92 Å². The van der Waals surface area contributed by atoms with Crippen molar-refractivity contribution < 1.29 is 14.6 Å². The van der Waals surface area contributed by atoms with Crippen LogP contribution in [-0.2, 0) is 9.53 Å². The van der Waals surface area contributed by atoms with Gasteiger partial charge in [-0.15, -0.1) is 0 Å². The molecule has 0 atom stereocenters. The maximum atomic E-state index is 10.7. The number of carboxylic acid groups (broad SMARTS) is 1. The van der Waals surface area contributed by atoms with E-state index in [4.69, 9.17) is 9.84 Å². The van der Waals surface area contributed by atoms with E-state index in [9.17, 15) is 4.79 Å². The fourth-order valence-corrected chi connectivity index (χ4v) is 1.99. The third-order valence-corrected chi connectivity index (χ3v) is 3.01. The van der Waals surface area contributed by atoms with E-state index in [0.29, 0.717) is 0 Å². The van der Waals surface area contributed by atoms with E-state index in [2.05, 4.69) is 4.90 Å². The summed E-state index contributed by atoms with van der Waals surface area (Å²) in [7, 11) is 1.72. The highest BCUT2D eigenvalue weighted by atomic mass is 16.5. The zero-order chi connectivity index (χ0) is 11.1. The van der Waals surface area contributed by atoms with Gasteiger partial charge in [0.05, 0.1) is 5.92 Å². The lowest BCUT2D eigenvalue weighted by Crippen LogP contribution is -2.36. The first-order chi connectivity index (χ1) is 7.24. The summed E-state index contributed by atoms with van der Waals surface area (Å²) in [4.78, 5) is 13.1. The van der Waals surface area contributed by atoms with Gasteiger partial charge in [0, 0.05) is 13.7 Å². The van der Waals surface area contributed by atoms with Crippen LogP contribution in [0.2, 0.25) is 0 Å². The van der Waals surface area contributed by atoms with Gasteiger partial charge in [-0.1, -0.05) is 0 Å². The average molecular weight is 215 g/mol. The fourth-order valence-electron chi connectivity index (χ4n) is 1.99. The predicted molar refractivity (Wildman–Crippen MR) is 57.9 cm³/mol. The third kappa shape index (κ3) is 4.62. The van der Waals surface area contributed by atoms with Gasteiger partial charge in [0.1, 0.15) is 0 Å². The van der Waals surface area contributed by atoms with Gasteiger partial charge in [-0.2, -0.15) is 0 Å². The Morgan fingerprint density at radius 2 is 2.07 bits per heavy atom. The molecule has 0 bridgehead atoms. The summed E-state index contributed by atoms with van der Waals surface area (Å²) in [6.07, 6.45) is 3.85. The van der Waals surface area contributed by atoms with Gasteiger partial charge < -0.3 is 14.7 Å². The van der Waals surface area contributed by atoms with Crippen LogP contribution in [0.4, 0.5) is 0 Å². The number of hydrogen-bond acceptors (Lipinski definition) is 3.